The molecule has 2 aromatic carbocycles. The van der Waals surface area contributed by atoms with E-state index in [1.807, 2.05) is 57.2 Å². The number of benzene rings is 2. The van der Waals surface area contributed by atoms with Crippen molar-refractivity contribution in [3.8, 4) is 0 Å². The fourth-order valence-corrected chi connectivity index (χ4v) is 4.44. The summed E-state index contributed by atoms with van der Waals surface area (Å²) in [6, 6.07) is 16.8. The van der Waals surface area contributed by atoms with Crippen LogP contribution in [0.3, 0.4) is 0 Å². The number of carbonyl (C=O) groups is 2. The number of nitrogen functional groups attached to an aromatic ring is 1. The number of hydrogen-bond donors (Lipinski definition) is 5. The first kappa shape index (κ1) is 24.8. The molecule has 2 heterocycles. The van der Waals surface area contributed by atoms with Crippen LogP contribution in [0.2, 0.25) is 0 Å². The molecule has 1 atom stereocenters. The number of nitrogens with one attached hydrogen (secondary N) is 4. The Bertz CT molecular complexity index is 1330. The molecule has 0 saturated heterocycles. The number of rotatable bonds is 7. The topological polar surface area (TPSA) is 127 Å². The van der Waals surface area contributed by atoms with Gasteiger partial charge in [0.25, 0.3) is 11.8 Å². The maximum atomic E-state index is 13.1. The molecule has 1 unspecified atom stereocenters. The summed E-state index contributed by atoms with van der Waals surface area (Å²) in [5.41, 5.74) is 12.0. The van der Waals surface area contributed by atoms with Crippen LogP contribution < -0.4 is 16.4 Å². The molecule has 0 spiro atoms. The summed E-state index contributed by atoms with van der Waals surface area (Å²) in [6.45, 7) is 7.04. The second-order valence-electron chi connectivity index (χ2n) is 9.31. The predicted molar refractivity (Wildman–Crippen MR) is 143 cm³/mol. The first-order valence-corrected chi connectivity index (χ1v) is 11.9. The largest absolute Gasteiger partial charge is 0.399 e. The van der Waals surface area contributed by atoms with Gasteiger partial charge in [-0.05, 0) is 60.9 Å². The molecule has 0 aliphatic carbocycles. The minimum Gasteiger partial charge on any atom is -0.399 e. The van der Waals surface area contributed by atoms with E-state index >= 15 is 0 Å². The summed E-state index contributed by atoms with van der Waals surface area (Å²) in [7, 11) is 0. The van der Waals surface area contributed by atoms with E-state index in [-0.39, 0.29) is 24.1 Å². The lowest BCUT2D eigenvalue weighted by Gasteiger charge is -2.35. The Kier molecular flexibility index (Phi) is 7.24. The zero-order valence-electron chi connectivity index (χ0n) is 20.8. The zero-order valence-corrected chi connectivity index (χ0v) is 20.8. The molecule has 0 bridgehead atoms. The first-order chi connectivity index (χ1) is 17.2. The number of hydrogen-bond acceptors (Lipinski definition) is 5. The van der Waals surface area contributed by atoms with Gasteiger partial charge in [-0.15, -0.1) is 0 Å². The van der Waals surface area contributed by atoms with Crippen molar-refractivity contribution in [2.24, 2.45) is 5.92 Å². The highest BCUT2D eigenvalue weighted by atomic mass is 16.2. The summed E-state index contributed by atoms with van der Waals surface area (Å²) < 4.78 is 0. The van der Waals surface area contributed by atoms with Gasteiger partial charge in [0.05, 0.1) is 6.54 Å². The molecule has 6 N–H and O–H groups in total. The van der Waals surface area contributed by atoms with Crippen LogP contribution in [0.4, 0.5) is 11.4 Å². The van der Waals surface area contributed by atoms with E-state index in [1.54, 1.807) is 29.3 Å². The van der Waals surface area contributed by atoms with Gasteiger partial charge in [-0.1, -0.05) is 31.2 Å². The molecule has 36 heavy (non-hydrogen) atoms. The number of carbonyl (C=O) groups excluding carboxylic acids is 2. The number of anilines is 2. The Labute approximate surface area is 211 Å². The molecule has 3 aromatic rings. The first-order valence-electron chi connectivity index (χ1n) is 11.9. The van der Waals surface area contributed by atoms with E-state index in [4.69, 9.17) is 11.1 Å². The van der Waals surface area contributed by atoms with E-state index in [1.165, 1.54) is 0 Å². The quantitative estimate of drug-likeness (QED) is 0.256. The van der Waals surface area contributed by atoms with Crippen molar-refractivity contribution in [1.29, 1.82) is 5.41 Å². The van der Waals surface area contributed by atoms with Gasteiger partial charge in [-0.2, -0.15) is 0 Å². The van der Waals surface area contributed by atoms with Gasteiger partial charge < -0.3 is 26.3 Å². The SMILES string of the molecule is Cc1cccc(NC(=O)C(=N)C2=C(NCc3ccc(N)c(C)c3)C(C)CN(C(=O)c3ccc[nH]3)C2)c1. The normalized spacial score (nSPS) is 15.5. The average Bonchev–Trinajstić information content (AvgIpc) is 3.39. The third-order valence-electron chi connectivity index (χ3n) is 6.40. The lowest BCUT2D eigenvalue weighted by Crippen LogP contribution is -2.46. The Morgan fingerprint density at radius 2 is 1.94 bits per heavy atom. The predicted octanol–water partition coefficient (Wildman–Crippen LogP) is 4.01. The summed E-state index contributed by atoms with van der Waals surface area (Å²) in [5, 5.41) is 15.1. The van der Waals surface area contributed by atoms with E-state index in [0.717, 1.165) is 28.1 Å². The molecule has 4 rings (SSSR count). The van der Waals surface area contributed by atoms with E-state index in [2.05, 4.69) is 15.6 Å². The van der Waals surface area contributed by atoms with Gasteiger partial charge in [0.2, 0.25) is 0 Å². The Morgan fingerprint density at radius 3 is 2.64 bits per heavy atom. The minimum absolute atomic E-state index is 0.102. The van der Waals surface area contributed by atoms with Crippen molar-refractivity contribution in [1.82, 2.24) is 15.2 Å². The lowest BCUT2D eigenvalue weighted by atomic mass is 9.92. The fourth-order valence-electron chi connectivity index (χ4n) is 4.44. The summed E-state index contributed by atoms with van der Waals surface area (Å²) in [4.78, 5) is 30.8. The van der Waals surface area contributed by atoms with Gasteiger partial charge in [0.15, 0.2) is 0 Å². The molecule has 0 radical (unpaired) electrons. The van der Waals surface area contributed by atoms with Crippen LogP contribution in [0.1, 0.15) is 34.1 Å². The van der Waals surface area contributed by atoms with Crippen LogP contribution >= 0.6 is 0 Å². The third-order valence-corrected chi connectivity index (χ3v) is 6.40. The van der Waals surface area contributed by atoms with Gasteiger partial charge in [-0.3, -0.25) is 15.0 Å². The number of H-pyrrole nitrogens is 1. The molecule has 8 nitrogen and oxygen atoms in total. The highest BCUT2D eigenvalue weighted by Gasteiger charge is 2.32. The average molecular weight is 485 g/mol. The van der Waals surface area contributed by atoms with Gasteiger partial charge in [0, 0.05) is 47.8 Å². The molecule has 8 heteroatoms. The maximum Gasteiger partial charge on any atom is 0.273 e. The summed E-state index contributed by atoms with van der Waals surface area (Å²) >= 11 is 0. The summed E-state index contributed by atoms with van der Waals surface area (Å²) in [5.74, 6) is -0.779. The molecule has 1 aliphatic rings. The molecule has 2 amide bonds. The Hall–Kier alpha value is -4.33. The molecule has 1 aromatic heterocycles. The number of aryl methyl sites for hydroxylation is 2. The number of amides is 2. The van der Waals surface area contributed by atoms with Crippen molar-refractivity contribution in [3.63, 3.8) is 0 Å². The number of aromatic nitrogens is 1. The van der Waals surface area contributed by atoms with E-state index in [0.29, 0.717) is 30.0 Å². The highest BCUT2D eigenvalue weighted by Crippen LogP contribution is 2.25. The molecular weight excluding hydrogens is 452 g/mol. The van der Waals surface area contributed by atoms with E-state index < -0.39 is 5.91 Å². The standard InChI is InChI=1S/C28H32N6O2/c1-17-6-4-7-21(12-17)33-27(35)25(30)22-16-34(28(36)24-8-5-11-31-24)15-19(3)26(22)32-14-20-9-10-23(29)18(2)13-20/h4-13,19,30-32H,14-16,29H2,1-3H3,(H,33,35). The van der Waals surface area contributed by atoms with Crippen molar-refractivity contribution in [3.05, 3.63) is 94.4 Å². The molecule has 0 saturated carbocycles. The summed E-state index contributed by atoms with van der Waals surface area (Å²) in [6.07, 6.45) is 1.70. The minimum atomic E-state index is -0.514. The molecule has 186 valence electrons. The van der Waals surface area contributed by atoms with Gasteiger partial charge in [-0.25, -0.2) is 0 Å². The van der Waals surface area contributed by atoms with Crippen LogP contribution in [0, 0.1) is 25.2 Å². The Morgan fingerprint density at radius 1 is 1.14 bits per heavy atom. The Balaban J connectivity index is 1.62. The van der Waals surface area contributed by atoms with Crippen molar-refractivity contribution in [2.75, 3.05) is 24.1 Å². The number of aromatic amines is 1. The number of nitrogens with two attached hydrogens (primary N) is 1. The zero-order chi connectivity index (χ0) is 25.8. The van der Waals surface area contributed by atoms with Gasteiger partial charge in [0.1, 0.15) is 11.4 Å². The van der Waals surface area contributed by atoms with Crippen LogP contribution in [-0.4, -0.2) is 40.5 Å². The van der Waals surface area contributed by atoms with E-state index in [9.17, 15) is 9.59 Å². The number of nitrogens with zero attached hydrogens (tertiary/aromatic N) is 1. The third kappa shape index (κ3) is 5.49. The van der Waals surface area contributed by atoms with Gasteiger partial charge >= 0.3 is 0 Å². The highest BCUT2D eigenvalue weighted by molar-refractivity contribution is 6.48. The maximum absolute atomic E-state index is 13.1. The van der Waals surface area contributed by atoms with Crippen LogP contribution in [-0.2, 0) is 11.3 Å². The molecular formula is C28H32N6O2. The molecule has 0 fully saturated rings. The second kappa shape index (κ2) is 10.5. The van der Waals surface area contributed by atoms with Crippen molar-refractivity contribution in [2.45, 2.75) is 27.3 Å². The van der Waals surface area contributed by atoms with Crippen molar-refractivity contribution >= 4 is 28.9 Å². The fraction of sp³-hybridized carbons (Fsp3) is 0.250. The second-order valence-corrected chi connectivity index (χ2v) is 9.31. The monoisotopic (exact) mass is 484 g/mol. The van der Waals surface area contributed by atoms with Crippen LogP contribution in [0.25, 0.3) is 0 Å². The molecule has 1 aliphatic heterocycles. The van der Waals surface area contributed by atoms with Crippen LogP contribution in [0.15, 0.2) is 72.1 Å². The van der Waals surface area contributed by atoms with Crippen LogP contribution in [0.5, 0.6) is 0 Å². The van der Waals surface area contributed by atoms with Crippen molar-refractivity contribution < 1.29 is 9.59 Å². The lowest BCUT2D eigenvalue weighted by molar-refractivity contribution is -0.110. The smallest absolute Gasteiger partial charge is 0.273 e.